The Morgan fingerprint density at radius 3 is 2.50 bits per heavy atom. The number of hydrogen-bond donors (Lipinski definition) is 1. The van der Waals surface area contributed by atoms with Gasteiger partial charge in [-0.25, -0.2) is 13.8 Å². The van der Waals surface area contributed by atoms with Crippen LogP contribution in [0.1, 0.15) is 5.56 Å². The van der Waals surface area contributed by atoms with E-state index in [0.717, 1.165) is 4.31 Å². The maximum atomic E-state index is 12.6. The minimum atomic E-state index is -3.91. The number of halogens is 1. The molecule has 8 nitrogen and oxygen atoms in total. The summed E-state index contributed by atoms with van der Waals surface area (Å²) < 4.78 is 36.3. The van der Waals surface area contributed by atoms with E-state index in [1.54, 1.807) is 24.3 Å². The fraction of sp³-hybridized carbons (Fsp3) is 0.222. The van der Waals surface area contributed by atoms with Crippen molar-refractivity contribution in [3.8, 4) is 11.5 Å². The molecule has 150 valence electrons. The Morgan fingerprint density at radius 2 is 1.86 bits per heavy atom. The molecule has 0 fully saturated rings. The van der Waals surface area contributed by atoms with Gasteiger partial charge in [0.25, 0.3) is 5.91 Å². The lowest BCUT2D eigenvalue weighted by molar-refractivity contribution is -0.121. The molecule has 0 aliphatic carbocycles. The number of ether oxygens (including phenoxy) is 2. The number of benzene rings is 2. The minimum Gasteiger partial charge on any atom is -0.496 e. The number of hydrogen-bond acceptors (Lipinski definition) is 6. The van der Waals surface area contributed by atoms with Crippen LogP contribution >= 0.6 is 11.6 Å². The Kier molecular flexibility index (Phi) is 7.38. The van der Waals surface area contributed by atoms with Crippen molar-refractivity contribution in [2.75, 3.05) is 27.8 Å². The minimum absolute atomic E-state index is 0.0499. The second kappa shape index (κ2) is 9.54. The number of para-hydroxylation sites is 1. The van der Waals surface area contributed by atoms with Gasteiger partial charge in [0.2, 0.25) is 10.0 Å². The maximum absolute atomic E-state index is 12.6. The van der Waals surface area contributed by atoms with Crippen LogP contribution in [-0.4, -0.2) is 52.7 Å². The number of carbonyl (C=O) groups is 1. The van der Waals surface area contributed by atoms with Crippen molar-refractivity contribution in [2.24, 2.45) is 5.10 Å². The van der Waals surface area contributed by atoms with Gasteiger partial charge in [-0.3, -0.25) is 4.79 Å². The first-order valence-corrected chi connectivity index (χ1v) is 9.86. The van der Waals surface area contributed by atoms with Crippen LogP contribution in [-0.2, 0) is 14.8 Å². The normalized spacial score (nSPS) is 11.6. The highest BCUT2D eigenvalue weighted by Gasteiger charge is 2.23. The molecule has 28 heavy (non-hydrogen) atoms. The topological polar surface area (TPSA) is 97.3 Å². The van der Waals surface area contributed by atoms with Gasteiger partial charge in [0, 0.05) is 12.6 Å². The molecule has 10 heteroatoms. The molecule has 0 aliphatic heterocycles. The molecule has 0 atom stereocenters. The lowest BCUT2D eigenvalue weighted by atomic mass is 10.2. The molecule has 1 N–H and O–H groups in total. The van der Waals surface area contributed by atoms with E-state index in [1.165, 1.54) is 45.7 Å². The van der Waals surface area contributed by atoms with Crippen molar-refractivity contribution >= 4 is 33.7 Å². The van der Waals surface area contributed by atoms with E-state index >= 15 is 0 Å². The van der Waals surface area contributed by atoms with E-state index in [9.17, 15) is 13.2 Å². The number of rotatable bonds is 8. The van der Waals surface area contributed by atoms with Crippen LogP contribution in [0.15, 0.2) is 52.5 Å². The second-order valence-electron chi connectivity index (χ2n) is 5.59. The Balaban J connectivity index is 2.03. The molecule has 0 saturated heterocycles. The third kappa shape index (κ3) is 5.22. The van der Waals surface area contributed by atoms with Crippen LogP contribution < -0.4 is 14.9 Å². The van der Waals surface area contributed by atoms with E-state index in [2.05, 4.69) is 10.5 Å². The average Bonchev–Trinajstić information content (AvgIpc) is 2.68. The summed E-state index contributed by atoms with van der Waals surface area (Å²) in [6.45, 7) is -0.421. The number of amides is 1. The largest absolute Gasteiger partial charge is 0.496 e. The van der Waals surface area contributed by atoms with Crippen molar-refractivity contribution in [1.29, 1.82) is 0 Å². The summed E-state index contributed by atoms with van der Waals surface area (Å²) in [6, 6.07) is 11.2. The summed E-state index contributed by atoms with van der Waals surface area (Å²) in [7, 11) is 0.332. The van der Waals surface area contributed by atoms with Crippen molar-refractivity contribution in [3.63, 3.8) is 0 Å². The lowest BCUT2D eigenvalue weighted by Gasteiger charge is -2.16. The van der Waals surface area contributed by atoms with Gasteiger partial charge in [-0.15, -0.1) is 0 Å². The highest BCUT2D eigenvalue weighted by molar-refractivity contribution is 7.89. The van der Waals surface area contributed by atoms with Crippen LogP contribution in [0.5, 0.6) is 11.5 Å². The van der Waals surface area contributed by atoms with Gasteiger partial charge < -0.3 is 9.47 Å². The Hall–Kier alpha value is -2.62. The van der Waals surface area contributed by atoms with Crippen molar-refractivity contribution in [1.82, 2.24) is 9.73 Å². The molecule has 0 bridgehead atoms. The van der Waals surface area contributed by atoms with Crippen LogP contribution in [0.3, 0.4) is 0 Å². The Labute approximate surface area is 168 Å². The number of nitrogens with one attached hydrogen (secondary N) is 1. The SMILES string of the molecule is COc1ccc(S(=O)(=O)N(C)CC(=O)NN=Cc2ccccc2OC)cc1Cl. The summed E-state index contributed by atoms with van der Waals surface area (Å²) in [4.78, 5) is 12.0. The molecule has 0 spiro atoms. The molecule has 0 unspecified atom stereocenters. The standard InChI is InChI=1S/C18H20ClN3O5S/c1-22(28(24,25)14-8-9-17(27-3)15(19)10-14)12-18(23)21-20-11-13-6-4-5-7-16(13)26-2/h4-11H,12H2,1-3H3,(H,21,23). The van der Waals surface area contributed by atoms with Gasteiger partial charge in [-0.1, -0.05) is 23.7 Å². The first kappa shape index (κ1) is 21.7. The quantitative estimate of drug-likeness (QED) is 0.516. The molecule has 0 aliphatic rings. The lowest BCUT2D eigenvalue weighted by Crippen LogP contribution is -2.36. The zero-order valence-electron chi connectivity index (χ0n) is 15.5. The molecule has 0 heterocycles. The van der Waals surface area contributed by atoms with E-state index < -0.39 is 22.5 Å². The molecular formula is C18H20ClN3O5S. The molecule has 0 radical (unpaired) electrons. The molecular weight excluding hydrogens is 406 g/mol. The van der Waals surface area contributed by atoms with Gasteiger partial charge >= 0.3 is 0 Å². The smallest absolute Gasteiger partial charge is 0.255 e. The Morgan fingerprint density at radius 1 is 1.18 bits per heavy atom. The highest BCUT2D eigenvalue weighted by atomic mass is 35.5. The number of hydrazone groups is 1. The third-order valence-electron chi connectivity index (χ3n) is 3.73. The fourth-order valence-electron chi connectivity index (χ4n) is 2.26. The van der Waals surface area contributed by atoms with Gasteiger partial charge in [0.15, 0.2) is 0 Å². The van der Waals surface area contributed by atoms with Gasteiger partial charge in [0.05, 0.1) is 36.9 Å². The van der Waals surface area contributed by atoms with Crippen molar-refractivity contribution < 1.29 is 22.7 Å². The zero-order chi connectivity index (χ0) is 20.7. The van der Waals surface area contributed by atoms with Crippen LogP contribution in [0, 0.1) is 0 Å². The van der Waals surface area contributed by atoms with Crippen LogP contribution in [0.4, 0.5) is 0 Å². The van der Waals surface area contributed by atoms with Gasteiger partial charge in [-0.2, -0.15) is 9.41 Å². The second-order valence-corrected chi connectivity index (χ2v) is 8.04. The van der Waals surface area contributed by atoms with Crippen molar-refractivity contribution in [2.45, 2.75) is 4.90 Å². The number of carbonyl (C=O) groups excluding carboxylic acids is 1. The van der Waals surface area contributed by atoms with Crippen LogP contribution in [0.2, 0.25) is 5.02 Å². The summed E-state index contributed by atoms with van der Waals surface area (Å²) in [5, 5.41) is 3.99. The fourth-order valence-corrected chi connectivity index (χ4v) is 3.73. The van der Waals surface area contributed by atoms with E-state index in [1.807, 2.05) is 0 Å². The number of sulfonamides is 1. The zero-order valence-corrected chi connectivity index (χ0v) is 17.1. The summed E-state index contributed by atoms with van der Waals surface area (Å²) >= 11 is 5.98. The number of nitrogens with zero attached hydrogens (tertiary/aromatic N) is 2. The summed E-state index contributed by atoms with van der Waals surface area (Å²) in [6.07, 6.45) is 1.41. The van der Waals surface area contributed by atoms with E-state index in [0.29, 0.717) is 17.1 Å². The number of likely N-dealkylation sites (N-methyl/N-ethyl adjacent to an activating group) is 1. The third-order valence-corrected chi connectivity index (χ3v) is 5.82. The number of methoxy groups -OCH3 is 2. The van der Waals surface area contributed by atoms with Gasteiger partial charge in [0.1, 0.15) is 11.5 Å². The molecule has 0 aromatic heterocycles. The predicted molar refractivity (Wildman–Crippen MR) is 107 cm³/mol. The van der Waals surface area contributed by atoms with Crippen LogP contribution in [0.25, 0.3) is 0 Å². The Bertz CT molecular complexity index is 979. The van der Waals surface area contributed by atoms with Gasteiger partial charge in [-0.05, 0) is 30.3 Å². The maximum Gasteiger partial charge on any atom is 0.255 e. The molecule has 2 aromatic rings. The average molecular weight is 426 g/mol. The highest BCUT2D eigenvalue weighted by Crippen LogP contribution is 2.28. The van der Waals surface area contributed by atoms with E-state index in [4.69, 9.17) is 21.1 Å². The summed E-state index contributed by atoms with van der Waals surface area (Å²) in [5.74, 6) is 0.347. The van der Waals surface area contributed by atoms with E-state index in [-0.39, 0.29) is 9.92 Å². The molecule has 2 aromatic carbocycles. The first-order valence-electron chi connectivity index (χ1n) is 8.04. The monoisotopic (exact) mass is 425 g/mol. The molecule has 2 rings (SSSR count). The van der Waals surface area contributed by atoms with Crippen molar-refractivity contribution in [3.05, 3.63) is 53.1 Å². The molecule has 1 amide bonds. The molecule has 0 saturated carbocycles. The summed E-state index contributed by atoms with van der Waals surface area (Å²) in [5.41, 5.74) is 2.96. The predicted octanol–water partition coefficient (Wildman–Crippen LogP) is 2.13. The first-order chi connectivity index (χ1) is 13.3.